The molecule has 0 aromatic heterocycles. The Morgan fingerprint density at radius 1 is 1.06 bits per heavy atom. The Hall–Kier alpha value is -3.48. The second-order valence-electron chi connectivity index (χ2n) is 8.02. The summed E-state index contributed by atoms with van der Waals surface area (Å²) >= 11 is 0. The molecule has 2 bridgehead atoms. The highest BCUT2D eigenvalue weighted by atomic mass is 19.1. The molecule has 0 N–H and O–H groups in total. The highest BCUT2D eigenvalue weighted by Gasteiger charge is 2.59. The van der Waals surface area contributed by atoms with Gasteiger partial charge in [-0.3, -0.25) is 9.59 Å². The van der Waals surface area contributed by atoms with Crippen molar-refractivity contribution in [3.05, 3.63) is 71.6 Å². The molecule has 1 heterocycles. The second kappa shape index (κ2) is 7.65. The number of hydrogen-bond acceptors (Lipinski definition) is 5. The summed E-state index contributed by atoms with van der Waals surface area (Å²) in [6.45, 7) is 0.0619. The highest BCUT2D eigenvalue weighted by molar-refractivity contribution is 6.06. The van der Waals surface area contributed by atoms with Crippen LogP contribution in [0.1, 0.15) is 17.5 Å². The van der Waals surface area contributed by atoms with Crippen LogP contribution in [0.2, 0.25) is 0 Å². The van der Waals surface area contributed by atoms with Crippen LogP contribution in [-0.2, 0) is 16.2 Å². The third kappa shape index (κ3) is 3.30. The van der Waals surface area contributed by atoms with Gasteiger partial charge in [0.15, 0.2) is 11.5 Å². The molecule has 6 nitrogen and oxygen atoms in total. The van der Waals surface area contributed by atoms with Gasteiger partial charge in [-0.05, 0) is 48.1 Å². The van der Waals surface area contributed by atoms with Crippen LogP contribution in [-0.4, -0.2) is 30.1 Å². The Kier molecular flexibility index (Phi) is 4.81. The smallest absolute Gasteiger partial charge is 0.254 e. The molecule has 1 aliphatic heterocycles. The molecule has 2 aliphatic carbocycles. The van der Waals surface area contributed by atoms with Crippen LogP contribution in [0.15, 0.2) is 59.7 Å². The van der Waals surface area contributed by atoms with Crippen molar-refractivity contribution < 1.29 is 23.5 Å². The molecule has 0 radical (unpaired) electrons. The van der Waals surface area contributed by atoms with Crippen molar-refractivity contribution in [2.24, 2.45) is 28.8 Å². The third-order valence-electron chi connectivity index (χ3n) is 6.30. The number of nitrogens with zero attached hydrogens (tertiary/aromatic N) is 2. The molecular weight excluding hydrogens is 399 g/mol. The molecule has 1 saturated heterocycles. The van der Waals surface area contributed by atoms with E-state index in [0.717, 1.165) is 11.4 Å². The lowest BCUT2D eigenvalue weighted by Gasteiger charge is -2.13. The molecule has 2 aromatic rings. The van der Waals surface area contributed by atoms with Crippen LogP contribution in [0, 0.1) is 29.5 Å². The predicted octanol–water partition coefficient (Wildman–Crippen LogP) is 3.55. The van der Waals surface area contributed by atoms with Gasteiger partial charge in [-0.1, -0.05) is 30.4 Å². The fourth-order valence-corrected chi connectivity index (χ4v) is 4.78. The van der Waals surface area contributed by atoms with E-state index in [9.17, 15) is 14.0 Å². The minimum atomic E-state index is -0.335. The average molecular weight is 420 g/mol. The first-order valence-corrected chi connectivity index (χ1v) is 10.2. The number of rotatable bonds is 6. The van der Waals surface area contributed by atoms with E-state index in [2.05, 4.69) is 17.3 Å². The number of hydrogen-bond donors (Lipinski definition) is 0. The summed E-state index contributed by atoms with van der Waals surface area (Å²) in [5, 5.41) is 5.19. The van der Waals surface area contributed by atoms with E-state index in [1.54, 1.807) is 36.4 Å². The summed E-state index contributed by atoms with van der Waals surface area (Å²) in [6, 6.07) is 11.5. The Labute approximate surface area is 179 Å². The molecule has 5 rings (SSSR count). The van der Waals surface area contributed by atoms with E-state index in [1.165, 1.54) is 19.4 Å². The fourth-order valence-electron chi connectivity index (χ4n) is 4.78. The van der Waals surface area contributed by atoms with Crippen molar-refractivity contribution in [3.8, 4) is 11.5 Å². The lowest BCUT2D eigenvalue weighted by Crippen LogP contribution is -2.28. The van der Waals surface area contributed by atoms with Gasteiger partial charge in [0, 0.05) is 5.56 Å². The van der Waals surface area contributed by atoms with Gasteiger partial charge in [0.25, 0.3) is 11.8 Å². The minimum Gasteiger partial charge on any atom is -0.493 e. The highest BCUT2D eigenvalue weighted by Crippen LogP contribution is 2.52. The summed E-state index contributed by atoms with van der Waals surface area (Å²) < 4.78 is 24.9. The first-order valence-electron chi connectivity index (χ1n) is 10.2. The van der Waals surface area contributed by atoms with Gasteiger partial charge in [0.2, 0.25) is 0 Å². The summed E-state index contributed by atoms with van der Waals surface area (Å²) in [5.41, 5.74) is 1.09. The van der Waals surface area contributed by atoms with Crippen molar-refractivity contribution >= 4 is 18.0 Å². The predicted molar refractivity (Wildman–Crippen MR) is 111 cm³/mol. The molecule has 31 heavy (non-hydrogen) atoms. The second-order valence-corrected chi connectivity index (χ2v) is 8.02. The van der Waals surface area contributed by atoms with Gasteiger partial charge in [-0.2, -0.15) is 10.1 Å². The van der Waals surface area contributed by atoms with Crippen LogP contribution in [0.25, 0.3) is 0 Å². The van der Waals surface area contributed by atoms with Crippen molar-refractivity contribution in [2.45, 2.75) is 13.0 Å². The molecule has 2 fully saturated rings. The zero-order valence-corrected chi connectivity index (χ0v) is 16.9. The number of ether oxygens (including phenoxy) is 2. The number of carbonyl (C=O) groups excluding carboxylic acids is 2. The van der Waals surface area contributed by atoms with Crippen LogP contribution in [0.4, 0.5) is 4.39 Å². The molecule has 0 spiro atoms. The SMILES string of the molecule is COc1cc(C=NN2C(=O)C3C4C=CC(C4)C3C2=O)ccc1OCc1ccccc1F. The number of benzene rings is 2. The van der Waals surface area contributed by atoms with E-state index in [1.807, 2.05) is 0 Å². The maximum absolute atomic E-state index is 13.8. The zero-order valence-electron chi connectivity index (χ0n) is 16.9. The molecule has 1 saturated carbocycles. The number of fused-ring (bicyclic) bond motifs is 5. The van der Waals surface area contributed by atoms with E-state index in [4.69, 9.17) is 9.47 Å². The normalized spacial score (nSPS) is 26.2. The number of methoxy groups -OCH3 is 1. The zero-order chi connectivity index (χ0) is 21.5. The van der Waals surface area contributed by atoms with E-state index < -0.39 is 0 Å². The Morgan fingerprint density at radius 3 is 2.45 bits per heavy atom. The molecule has 3 aliphatic rings. The van der Waals surface area contributed by atoms with E-state index >= 15 is 0 Å². The van der Waals surface area contributed by atoms with Gasteiger partial charge in [-0.15, -0.1) is 0 Å². The van der Waals surface area contributed by atoms with Crippen LogP contribution < -0.4 is 9.47 Å². The Bertz CT molecular complexity index is 1080. The molecule has 7 heteroatoms. The third-order valence-corrected chi connectivity index (χ3v) is 6.30. The van der Waals surface area contributed by atoms with Crippen molar-refractivity contribution in [1.82, 2.24) is 5.01 Å². The molecule has 2 amide bonds. The summed E-state index contributed by atoms with van der Waals surface area (Å²) in [4.78, 5) is 25.4. The Morgan fingerprint density at radius 2 is 1.77 bits per heavy atom. The summed E-state index contributed by atoms with van der Waals surface area (Å²) in [7, 11) is 1.50. The average Bonchev–Trinajstić information content (AvgIpc) is 3.46. The van der Waals surface area contributed by atoms with E-state index in [0.29, 0.717) is 22.6 Å². The molecule has 158 valence electrons. The quantitative estimate of drug-likeness (QED) is 0.407. The van der Waals surface area contributed by atoms with Crippen LogP contribution in [0.5, 0.6) is 11.5 Å². The number of allylic oxidation sites excluding steroid dienone is 2. The monoisotopic (exact) mass is 420 g/mol. The fraction of sp³-hybridized carbons (Fsp3) is 0.292. The van der Waals surface area contributed by atoms with Gasteiger partial charge >= 0.3 is 0 Å². The standard InChI is InChI=1S/C24H21FN2O4/c1-30-20-10-14(6-9-19(20)31-13-17-4-2-3-5-18(17)25)12-26-27-23(28)21-15-7-8-16(11-15)22(21)24(27)29/h2-10,12,15-16,21-22H,11,13H2,1H3. The lowest BCUT2D eigenvalue weighted by molar-refractivity contribution is -0.140. The van der Waals surface area contributed by atoms with Crippen LogP contribution in [0.3, 0.4) is 0 Å². The Balaban J connectivity index is 1.30. The van der Waals surface area contributed by atoms with Gasteiger partial charge in [-0.25, -0.2) is 4.39 Å². The van der Waals surface area contributed by atoms with Crippen molar-refractivity contribution in [1.29, 1.82) is 0 Å². The maximum atomic E-state index is 13.8. The summed E-state index contributed by atoms with van der Waals surface area (Å²) in [5.74, 6) is -0.132. The number of carbonyl (C=O) groups is 2. The van der Waals surface area contributed by atoms with E-state index in [-0.39, 0.29) is 47.9 Å². The molecule has 2 aromatic carbocycles. The van der Waals surface area contributed by atoms with Crippen molar-refractivity contribution in [3.63, 3.8) is 0 Å². The number of imide groups is 1. The maximum Gasteiger partial charge on any atom is 0.254 e. The minimum absolute atomic E-state index is 0.0619. The molecule has 4 unspecified atom stereocenters. The number of halogens is 1. The van der Waals surface area contributed by atoms with Gasteiger partial charge < -0.3 is 9.47 Å². The van der Waals surface area contributed by atoms with Gasteiger partial charge in [0.1, 0.15) is 12.4 Å². The molecule has 4 atom stereocenters. The number of amides is 2. The first-order chi connectivity index (χ1) is 15.1. The lowest BCUT2D eigenvalue weighted by atomic mass is 9.85. The van der Waals surface area contributed by atoms with Crippen molar-refractivity contribution in [2.75, 3.05) is 7.11 Å². The van der Waals surface area contributed by atoms with Gasteiger partial charge in [0.05, 0.1) is 25.2 Å². The number of hydrazone groups is 1. The topological polar surface area (TPSA) is 68.2 Å². The van der Waals surface area contributed by atoms with Crippen LogP contribution >= 0.6 is 0 Å². The summed E-state index contributed by atoms with van der Waals surface area (Å²) in [6.07, 6.45) is 6.45. The molecular formula is C24H21FN2O4. The first kappa shape index (κ1) is 19.5. The largest absolute Gasteiger partial charge is 0.493 e.